The van der Waals surface area contributed by atoms with Crippen molar-refractivity contribution in [3.8, 4) is 0 Å². The molecule has 0 spiro atoms. The number of alkyl halides is 5. The highest BCUT2D eigenvalue weighted by molar-refractivity contribution is 6.14. The second-order valence-electron chi connectivity index (χ2n) is 4.63. The highest BCUT2D eigenvalue weighted by Crippen LogP contribution is 2.38. The molecule has 1 aromatic carbocycles. The van der Waals surface area contributed by atoms with Crippen LogP contribution in [0.5, 0.6) is 0 Å². The Labute approximate surface area is 112 Å². The highest BCUT2D eigenvalue weighted by Gasteiger charge is 2.37. The molecule has 6 heteroatoms. The van der Waals surface area contributed by atoms with Gasteiger partial charge in [-0.15, -0.1) is 0 Å². The molecule has 0 fully saturated rings. The van der Waals surface area contributed by atoms with Crippen molar-refractivity contribution in [3.05, 3.63) is 46.7 Å². The lowest BCUT2D eigenvalue weighted by atomic mass is 9.95. The summed E-state index contributed by atoms with van der Waals surface area (Å²) in [5, 5.41) is 0. The summed E-state index contributed by atoms with van der Waals surface area (Å²) in [5.41, 5.74) is -1.03. The number of hydrogen-bond donors (Lipinski definition) is 0. The number of aliphatic imine (C=N–C) groups is 1. The first kappa shape index (κ1) is 14.7. The molecule has 108 valence electrons. The van der Waals surface area contributed by atoms with Gasteiger partial charge in [0.2, 0.25) is 0 Å². The zero-order chi connectivity index (χ0) is 15.1. The van der Waals surface area contributed by atoms with E-state index in [-0.39, 0.29) is 11.3 Å². The monoisotopic (exact) mass is 289 g/mol. The molecule has 0 saturated heterocycles. The summed E-state index contributed by atoms with van der Waals surface area (Å²) in [7, 11) is 0. The summed E-state index contributed by atoms with van der Waals surface area (Å²) < 4.78 is 65.3. The van der Waals surface area contributed by atoms with Gasteiger partial charge >= 0.3 is 6.18 Å². The molecule has 0 aromatic heterocycles. The molecule has 1 nitrogen and oxygen atoms in total. The molecule has 0 radical (unpaired) electrons. The molecular weight excluding hydrogens is 277 g/mol. The fraction of sp³-hybridized carbons (Fsp3) is 0.357. The lowest BCUT2D eigenvalue weighted by molar-refractivity contribution is -0.137. The number of halogens is 5. The molecule has 20 heavy (non-hydrogen) atoms. The standard InChI is InChI=1S/C14H12F5N/c1-3-9-7-12(20-9)10-5-4-8(13(2,15)16)6-11(10)14(17,18)19/h4-7H,3H2,1-2H3. The number of allylic oxidation sites excluding steroid dienone is 2. The Morgan fingerprint density at radius 2 is 1.70 bits per heavy atom. The van der Waals surface area contributed by atoms with Crippen LogP contribution in [0.2, 0.25) is 0 Å². The summed E-state index contributed by atoms with van der Waals surface area (Å²) in [6.07, 6.45) is -2.54. The second-order valence-corrected chi connectivity index (χ2v) is 4.63. The van der Waals surface area contributed by atoms with Crippen molar-refractivity contribution < 1.29 is 22.0 Å². The van der Waals surface area contributed by atoms with Gasteiger partial charge in [0.05, 0.1) is 11.3 Å². The normalized spacial score (nSPS) is 15.6. The van der Waals surface area contributed by atoms with Crippen LogP contribution in [0.4, 0.5) is 22.0 Å². The van der Waals surface area contributed by atoms with Gasteiger partial charge in [0.25, 0.3) is 5.92 Å². The smallest absolute Gasteiger partial charge is 0.253 e. The maximum atomic E-state index is 13.2. The maximum Gasteiger partial charge on any atom is 0.417 e. The Hall–Kier alpha value is -1.72. The molecule has 1 heterocycles. The van der Waals surface area contributed by atoms with E-state index >= 15 is 0 Å². The van der Waals surface area contributed by atoms with Gasteiger partial charge in [-0.1, -0.05) is 19.1 Å². The van der Waals surface area contributed by atoms with E-state index < -0.39 is 23.2 Å². The minimum Gasteiger partial charge on any atom is -0.253 e. The van der Waals surface area contributed by atoms with E-state index in [2.05, 4.69) is 4.99 Å². The minimum atomic E-state index is -4.70. The van der Waals surface area contributed by atoms with Gasteiger partial charge in [-0.05, 0) is 18.6 Å². The molecule has 0 saturated carbocycles. The van der Waals surface area contributed by atoms with E-state index in [1.165, 1.54) is 6.08 Å². The van der Waals surface area contributed by atoms with Crippen LogP contribution < -0.4 is 0 Å². The van der Waals surface area contributed by atoms with E-state index in [4.69, 9.17) is 0 Å². The number of rotatable bonds is 3. The van der Waals surface area contributed by atoms with Gasteiger partial charge in [-0.25, -0.2) is 8.78 Å². The molecule has 0 atom stereocenters. The zero-order valence-electron chi connectivity index (χ0n) is 10.9. The number of nitrogens with zero attached hydrogens (tertiary/aromatic N) is 1. The number of benzene rings is 1. The molecule has 0 amide bonds. The summed E-state index contributed by atoms with van der Waals surface area (Å²) in [5.74, 6) is -3.32. The first-order chi connectivity index (χ1) is 9.13. The zero-order valence-corrected chi connectivity index (χ0v) is 10.9. The molecule has 1 aromatic rings. The largest absolute Gasteiger partial charge is 0.417 e. The lowest BCUT2D eigenvalue weighted by Crippen LogP contribution is -2.18. The summed E-state index contributed by atoms with van der Waals surface area (Å²) in [6, 6.07) is 2.55. The van der Waals surface area contributed by atoms with Crippen molar-refractivity contribution in [2.45, 2.75) is 32.4 Å². The Bertz CT molecular complexity index is 591. The topological polar surface area (TPSA) is 12.4 Å². The lowest BCUT2D eigenvalue weighted by Gasteiger charge is -2.20. The maximum absolute atomic E-state index is 13.2. The molecule has 2 rings (SSSR count). The van der Waals surface area contributed by atoms with Gasteiger partial charge in [0.1, 0.15) is 0 Å². The Balaban J connectivity index is 2.49. The summed E-state index contributed by atoms with van der Waals surface area (Å²) in [6.45, 7) is 2.40. The minimum absolute atomic E-state index is 0.164. The van der Waals surface area contributed by atoms with E-state index in [1.807, 2.05) is 6.92 Å². The fourth-order valence-corrected chi connectivity index (χ4v) is 1.91. The first-order valence-corrected chi connectivity index (χ1v) is 6.02. The van der Waals surface area contributed by atoms with Crippen molar-refractivity contribution in [2.75, 3.05) is 0 Å². The Kier molecular flexibility index (Phi) is 3.44. The van der Waals surface area contributed by atoms with Gasteiger partial charge in [0.15, 0.2) is 0 Å². The van der Waals surface area contributed by atoms with Gasteiger partial charge in [-0.2, -0.15) is 13.2 Å². The highest BCUT2D eigenvalue weighted by atomic mass is 19.4. The van der Waals surface area contributed by atoms with Crippen molar-refractivity contribution >= 4 is 5.71 Å². The third-order valence-corrected chi connectivity index (χ3v) is 3.04. The van der Waals surface area contributed by atoms with E-state index in [0.29, 0.717) is 25.1 Å². The molecule has 0 unspecified atom stereocenters. The molecular formula is C14H12F5N. The van der Waals surface area contributed by atoms with E-state index in [9.17, 15) is 22.0 Å². The Morgan fingerprint density at radius 3 is 2.15 bits per heavy atom. The molecule has 0 N–H and O–H groups in total. The molecule has 0 bridgehead atoms. The van der Waals surface area contributed by atoms with Crippen LogP contribution in [0, 0.1) is 0 Å². The molecule has 1 aliphatic rings. The van der Waals surface area contributed by atoms with Crippen LogP contribution in [-0.2, 0) is 12.1 Å². The third kappa shape index (κ3) is 2.73. The van der Waals surface area contributed by atoms with Crippen LogP contribution in [0.15, 0.2) is 35.0 Å². The van der Waals surface area contributed by atoms with Crippen LogP contribution in [-0.4, -0.2) is 5.71 Å². The van der Waals surface area contributed by atoms with Gasteiger partial charge < -0.3 is 0 Å². The van der Waals surface area contributed by atoms with Crippen molar-refractivity contribution in [2.24, 2.45) is 4.99 Å². The Morgan fingerprint density at radius 1 is 1.10 bits per heavy atom. The van der Waals surface area contributed by atoms with E-state index in [1.54, 1.807) is 0 Å². The third-order valence-electron chi connectivity index (χ3n) is 3.04. The van der Waals surface area contributed by atoms with Crippen molar-refractivity contribution in [3.63, 3.8) is 0 Å². The first-order valence-electron chi connectivity index (χ1n) is 6.02. The number of hydrogen-bond acceptors (Lipinski definition) is 1. The quantitative estimate of drug-likeness (QED) is 0.701. The fourth-order valence-electron chi connectivity index (χ4n) is 1.91. The average Bonchev–Trinajstić information content (AvgIpc) is 2.25. The van der Waals surface area contributed by atoms with Crippen molar-refractivity contribution in [1.82, 2.24) is 0 Å². The SMILES string of the molecule is CCC1=CC(c2ccc(C(C)(F)F)cc2C(F)(F)F)=N1. The second kappa shape index (κ2) is 4.68. The van der Waals surface area contributed by atoms with Crippen LogP contribution in [0.1, 0.15) is 37.0 Å². The predicted molar refractivity (Wildman–Crippen MR) is 65.9 cm³/mol. The molecule has 0 aliphatic carbocycles. The van der Waals surface area contributed by atoms with Gasteiger partial charge in [-0.3, -0.25) is 4.99 Å². The van der Waals surface area contributed by atoms with Crippen LogP contribution in [0.25, 0.3) is 0 Å². The summed E-state index contributed by atoms with van der Waals surface area (Å²) in [4.78, 5) is 3.97. The molecule has 1 aliphatic heterocycles. The van der Waals surface area contributed by atoms with E-state index in [0.717, 1.165) is 12.1 Å². The van der Waals surface area contributed by atoms with Crippen molar-refractivity contribution in [1.29, 1.82) is 0 Å². The average molecular weight is 289 g/mol. The summed E-state index contributed by atoms with van der Waals surface area (Å²) >= 11 is 0. The van der Waals surface area contributed by atoms with Crippen LogP contribution in [0.3, 0.4) is 0 Å². The van der Waals surface area contributed by atoms with Crippen LogP contribution >= 0.6 is 0 Å². The predicted octanol–water partition coefficient (Wildman–Crippen LogP) is 4.91. The van der Waals surface area contributed by atoms with Gasteiger partial charge in [0, 0.05) is 23.7 Å².